The second-order valence-electron chi connectivity index (χ2n) is 6.15. The molecule has 0 radical (unpaired) electrons. The third-order valence-electron chi connectivity index (χ3n) is 4.40. The number of imidazole rings is 1. The lowest BCUT2D eigenvalue weighted by Crippen LogP contribution is -2.50. The predicted molar refractivity (Wildman–Crippen MR) is 80.2 cm³/mol. The summed E-state index contributed by atoms with van der Waals surface area (Å²) in [5.41, 5.74) is -0.318. The second kappa shape index (κ2) is 6.41. The first-order valence-corrected chi connectivity index (χ1v) is 7.80. The molecule has 0 saturated heterocycles. The summed E-state index contributed by atoms with van der Waals surface area (Å²) in [5, 5.41) is 13.2. The zero-order valence-corrected chi connectivity index (χ0v) is 12.9. The van der Waals surface area contributed by atoms with Gasteiger partial charge in [0.05, 0.1) is 6.07 Å². The van der Waals surface area contributed by atoms with Gasteiger partial charge in [0.2, 0.25) is 0 Å². The lowest BCUT2D eigenvalue weighted by molar-refractivity contribution is 0.271. The number of nitriles is 1. The van der Waals surface area contributed by atoms with Crippen molar-refractivity contribution < 1.29 is 0 Å². The Balaban J connectivity index is 2.02. The number of rotatable bonds is 6. The fourth-order valence-corrected chi connectivity index (χ4v) is 3.51. The summed E-state index contributed by atoms with van der Waals surface area (Å²) >= 11 is 0. The summed E-state index contributed by atoms with van der Waals surface area (Å²) in [6.07, 6.45) is 9.24. The van der Waals surface area contributed by atoms with E-state index in [2.05, 4.69) is 47.9 Å². The third-order valence-corrected chi connectivity index (χ3v) is 4.40. The number of hydrogen-bond donors (Lipinski definition) is 1. The molecule has 0 bridgehead atoms. The van der Waals surface area contributed by atoms with Gasteiger partial charge in [-0.15, -0.1) is 0 Å². The van der Waals surface area contributed by atoms with Gasteiger partial charge in [-0.1, -0.05) is 13.3 Å². The molecular formula is C16H26N4. The van der Waals surface area contributed by atoms with Gasteiger partial charge in [-0.2, -0.15) is 5.26 Å². The van der Waals surface area contributed by atoms with E-state index in [1.165, 1.54) is 0 Å². The number of nitrogens with one attached hydrogen (secondary N) is 1. The molecule has 20 heavy (non-hydrogen) atoms. The van der Waals surface area contributed by atoms with Crippen LogP contribution < -0.4 is 5.32 Å². The van der Waals surface area contributed by atoms with Gasteiger partial charge in [-0.3, -0.25) is 5.32 Å². The molecule has 1 saturated carbocycles. The normalized spacial score (nSPS) is 26.1. The average molecular weight is 274 g/mol. The van der Waals surface area contributed by atoms with Crippen LogP contribution in [0.25, 0.3) is 0 Å². The predicted octanol–water partition coefficient (Wildman–Crippen LogP) is 2.90. The highest BCUT2D eigenvalue weighted by atomic mass is 15.1. The van der Waals surface area contributed by atoms with Gasteiger partial charge in [0, 0.05) is 31.4 Å². The highest BCUT2D eigenvalue weighted by Gasteiger charge is 2.43. The number of aromatic nitrogens is 2. The third kappa shape index (κ3) is 3.04. The lowest BCUT2D eigenvalue weighted by Gasteiger charge is -2.32. The van der Waals surface area contributed by atoms with Crippen LogP contribution in [0.2, 0.25) is 0 Å². The molecule has 1 aliphatic carbocycles. The fourth-order valence-electron chi connectivity index (χ4n) is 3.51. The molecule has 110 valence electrons. The maximum Gasteiger partial charge on any atom is 0.109 e. The average Bonchev–Trinajstić information content (AvgIpc) is 3.02. The number of hydrogen-bond acceptors (Lipinski definition) is 3. The van der Waals surface area contributed by atoms with Gasteiger partial charge in [0.25, 0.3) is 0 Å². The Morgan fingerprint density at radius 1 is 1.60 bits per heavy atom. The van der Waals surface area contributed by atoms with Crippen LogP contribution in [0.5, 0.6) is 0 Å². The van der Waals surface area contributed by atoms with E-state index in [4.69, 9.17) is 0 Å². The maximum absolute atomic E-state index is 9.66. The molecule has 2 atom stereocenters. The summed E-state index contributed by atoms with van der Waals surface area (Å²) in [6, 6.07) is 2.94. The van der Waals surface area contributed by atoms with E-state index in [0.717, 1.165) is 44.5 Å². The lowest BCUT2D eigenvalue weighted by atomic mass is 9.85. The Labute approximate surface area is 122 Å². The van der Waals surface area contributed by atoms with Crippen LogP contribution in [-0.4, -0.2) is 21.1 Å². The van der Waals surface area contributed by atoms with Gasteiger partial charge >= 0.3 is 0 Å². The monoisotopic (exact) mass is 274 g/mol. The Morgan fingerprint density at radius 3 is 3.05 bits per heavy atom. The molecule has 1 aromatic rings. The molecule has 4 heteroatoms. The van der Waals surface area contributed by atoms with Crippen LogP contribution in [0.4, 0.5) is 0 Å². The summed E-state index contributed by atoms with van der Waals surface area (Å²) in [6.45, 7) is 7.35. The van der Waals surface area contributed by atoms with Crippen molar-refractivity contribution in [2.24, 2.45) is 5.92 Å². The molecular weight excluding hydrogens is 248 g/mol. The van der Waals surface area contributed by atoms with Crippen molar-refractivity contribution in [2.45, 2.75) is 71.0 Å². The van der Waals surface area contributed by atoms with Crippen molar-refractivity contribution >= 4 is 0 Å². The largest absolute Gasteiger partial charge is 0.335 e. The molecule has 2 unspecified atom stereocenters. The molecule has 1 aliphatic rings. The van der Waals surface area contributed by atoms with Crippen LogP contribution in [-0.2, 0) is 13.0 Å². The summed E-state index contributed by atoms with van der Waals surface area (Å²) in [5.74, 6) is 1.59. The SMILES string of the molecule is CCc1nccn1CCC1CCCC1(C#N)NC(C)C. The van der Waals surface area contributed by atoms with Gasteiger partial charge in [0.1, 0.15) is 11.4 Å². The fraction of sp³-hybridized carbons (Fsp3) is 0.750. The number of nitrogens with zero attached hydrogens (tertiary/aromatic N) is 3. The van der Waals surface area contributed by atoms with E-state index in [0.29, 0.717) is 12.0 Å². The molecule has 1 N–H and O–H groups in total. The van der Waals surface area contributed by atoms with E-state index in [9.17, 15) is 5.26 Å². The van der Waals surface area contributed by atoms with Gasteiger partial charge < -0.3 is 4.57 Å². The van der Waals surface area contributed by atoms with Crippen LogP contribution in [0, 0.1) is 17.2 Å². The van der Waals surface area contributed by atoms with Crippen molar-refractivity contribution in [1.29, 1.82) is 5.26 Å². The molecule has 1 heterocycles. The molecule has 0 spiro atoms. The maximum atomic E-state index is 9.66. The topological polar surface area (TPSA) is 53.6 Å². The van der Waals surface area contributed by atoms with Crippen LogP contribution in [0.15, 0.2) is 12.4 Å². The van der Waals surface area contributed by atoms with Crippen molar-refractivity contribution in [3.05, 3.63) is 18.2 Å². The van der Waals surface area contributed by atoms with E-state index in [1.807, 2.05) is 6.20 Å². The van der Waals surface area contributed by atoms with Crippen LogP contribution >= 0.6 is 0 Å². The van der Waals surface area contributed by atoms with Crippen molar-refractivity contribution in [2.75, 3.05) is 0 Å². The number of aryl methyl sites for hydroxylation is 2. The molecule has 1 fully saturated rings. The Hall–Kier alpha value is -1.34. The van der Waals surface area contributed by atoms with E-state index in [-0.39, 0.29) is 5.54 Å². The smallest absolute Gasteiger partial charge is 0.109 e. The highest BCUT2D eigenvalue weighted by molar-refractivity contribution is 5.14. The first-order chi connectivity index (χ1) is 9.61. The summed E-state index contributed by atoms with van der Waals surface area (Å²) in [4.78, 5) is 4.37. The zero-order chi connectivity index (χ0) is 14.6. The van der Waals surface area contributed by atoms with Gasteiger partial charge in [0.15, 0.2) is 0 Å². The van der Waals surface area contributed by atoms with Crippen molar-refractivity contribution in [3.63, 3.8) is 0 Å². The first kappa shape index (κ1) is 15.1. The summed E-state index contributed by atoms with van der Waals surface area (Å²) in [7, 11) is 0. The second-order valence-corrected chi connectivity index (χ2v) is 6.15. The molecule has 0 aliphatic heterocycles. The van der Waals surface area contributed by atoms with E-state index < -0.39 is 0 Å². The molecule has 0 amide bonds. The van der Waals surface area contributed by atoms with Gasteiger partial charge in [-0.05, 0) is 39.0 Å². The minimum atomic E-state index is -0.318. The first-order valence-electron chi connectivity index (χ1n) is 7.80. The highest BCUT2D eigenvalue weighted by Crippen LogP contribution is 2.38. The van der Waals surface area contributed by atoms with Crippen molar-refractivity contribution in [3.8, 4) is 6.07 Å². The molecule has 2 rings (SSSR count). The minimum absolute atomic E-state index is 0.318. The molecule has 4 nitrogen and oxygen atoms in total. The van der Waals surface area contributed by atoms with E-state index >= 15 is 0 Å². The Morgan fingerprint density at radius 2 is 2.40 bits per heavy atom. The quantitative estimate of drug-likeness (QED) is 0.867. The Bertz CT molecular complexity index is 471. The van der Waals surface area contributed by atoms with E-state index in [1.54, 1.807) is 0 Å². The Kier molecular flexibility index (Phi) is 4.82. The van der Waals surface area contributed by atoms with Crippen molar-refractivity contribution in [1.82, 2.24) is 14.9 Å². The van der Waals surface area contributed by atoms with Crippen LogP contribution in [0.1, 0.15) is 52.3 Å². The summed E-state index contributed by atoms with van der Waals surface area (Å²) < 4.78 is 2.23. The van der Waals surface area contributed by atoms with Gasteiger partial charge in [-0.25, -0.2) is 4.98 Å². The minimum Gasteiger partial charge on any atom is -0.335 e. The molecule has 0 aromatic carbocycles. The zero-order valence-electron chi connectivity index (χ0n) is 12.9. The van der Waals surface area contributed by atoms with Crippen LogP contribution in [0.3, 0.4) is 0 Å². The standard InChI is InChI=1S/C16H26N4/c1-4-15-18-9-11-20(15)10-7-14-6-5-8-16(14,12-17)19-13(2)3/h9,11,13-14,19H,4-8,10H2,1-3H3. The molecule has 1 aromatic heterocycles.